The number of carbonyl (C=O) groups is 2. The molecule has 4 heteroatoms. The van der Waals surface area contributed by atoms with Crippen molar-refractivity contribution in [2.24, 2.45) is 0 Å². The normalized spacial score (nSPS) is 11.0. The first-order chi connectivity index (χ1) is 9.28. The number of nitrogens with one attached hydrogen (secondary N) is 1. The lowest BCUT2D eigenvalue weighted by molar-refractivity contribution is 0.0527. The number of carbonyl (C=O) groups excluding carboxylic acids is 2. The second-order valence-electron chi connectivity index (χ2n) is 5.79. The summed E-state index contributed by atoms with van der Waals surface area (Å²) in [7, 11) is 0. The van der Waals surface area contributed by atoms with Gasteiger partial charge in [0.25, 0.3) is 0 Å². The Morgan fingerprint density at radius 1 is 1.25 bits per heavy atom. The van der Waals surface area contributed by atoms with Crippen LogP contribution in [-0.2, 0) is 11.2 Å². The molecule has 0 aliphatic heterocycles. The molecule has 0 aromatic heterocycles. The maximum atomic E-state index is 11.4. The van der Waals surface area contributed by atoms with Gasteiger partial charge in [-0.1, -0.05) is 18.2 Å². The summed E-state index contributed by atoms with van der Waals surface area (Å²) in [5.74, 6) is 0.0683. The van der Waals surface area contributed by atoms with E-state index in [0.717, 1.165) is 24.0 Å². The Labute approximate surface area is 120 Å². The number of ether oxygens (including phenoxy) is 1. The highest BCUT2D eigenvalue weighted by molar-refractivity contribution is 5.94. The van der Waals surface area contributed by atoms with Crippen LogP contribution >= 0.6 is 0 Å². The minimum absolute atomic E-state index is 0.0683. The summed E-state index contributed by atoms with van der Waals surface area (Å²) >= 11 is 0. The first kappa shape index (κ1) is 16.2. The van der Waals surface area contributed by atoms with Gasteiger partial charge in [-0.25, -0.2) is 4.79 Å². The zero-order chi connectivity index (χ0) is 15.2. The zero-order valence-corrected chi connectivity index (χ0v) is 12.7. The molecule has 0 saturated heterocycles. The number of alkyl carbamates (subject to hydrolysis) is 1. The third-order valence-electron chi connectivity index (χ3n) is 2.64. The molecule has 0 spiro atoms. The summed E-state index contributed by atoms with van der Waals surface area (Å²) in [6.45, 7) is 7.61. The lowest BCUT2D eigenvalue weighted by atomic mass is 10.0. The van der Waals surface area contributed by atoms with Gasteiger partial charge >= 0.3 is 6.09 Å². The van der Waals surface area contributed by atoms with E-state index in [1.54, 1.807) is 6.92 Å². The molecule has 110 valence electrons. The fraction of sp³-hybridized carbons (Fsp3) is 0.500. The number of hydrogen-bond acceptors (Lipinski definition) is 3. The van der Waals surface area contributed by atoms with Crippen molar-refractivity contribution in [3.8, 4) is 0 Å². The van der Waals surface area contributed by atoms with Crippen LogP contribution < -0.4 is 5.32 Å². The average molecular weight is 277 g/mol. The molecule has 0 heterocycles. The smallest absolute Gasteiger partial charge is 0.407 e. The van der Waals surface area contributed by atoms with E-state index in [0.29, 0.717) is 6.54 Å². The minimum Gasteiger partial charge on any atom is -0.444 e. The fourth-order valence-electron chi connectivity index (χ4n) is 1.74. The van der Waals surface area contributed by atoms with Gasteiger partial charge in [0.05, 0.1) is 0 Å². The van der Waals surface area contributed by atoms with Crippen LogP contribution in [0.15, 0.2) is 24.3 Å². The summed E-state index contributed by atoms with van der Waals surface area (Å²) in [6, 6.07) is 7.58. The van der Waals surface area contributed by atoms with Gasteiger partial charge in [-0.15, -0.1) is 0 Å². The Morgan fingerprint density at radius 2 is 1.95 bits per heavy atom. The van der Waals surface area contributed by atoms with E-state index in [4.69, 9.17) is 4.74 Å². The Bertz CT molecular complexity index is 475. The van der Waals surface area contributed by atoms with Gasteiger partial charge in [-0.05, 0) is 52.2 Å². The van der Waals surface area contributed by atoms with Crippen LogP contribution in [0.1, 0.15) is 50.0 Å². The summed E-state index contributed by atoms with van der Waals surface area (Å²) in [5, 5.41) is 2.72. The van der Waals surface area contributed by atoms with Crippen LogP contribution in [0.3, 0.4) is 0 Å². The Balaban J connectivity index is 2.33. The molecule has 0 fully saturated rings. The third kappa shape index (κ3) is 6.36. The average Bonchev–Trinajstić information content (AvgIpc) is 2.33. The lowest BCUT2D eigenvalue weighted by Gasteiger charge is -2.19. The van der Waals surface area contributed by atoms with Crippen molar-refractivity contribution in [1.29, 1.82) is 0 Å². The van der Waals surface area contributed by atoms with E-state index in [-0.39, 0.29) is 5.78 Å². The summed E-state index contributed by atoms with van der Waals surface area (Å²) in [5.41, 5.74) is 1.35. The Morgan fingerprint density at radius 3 is 2.55 bits per heavy atom. The number of amides is 1. The van der Waals surface area contributed by atoms with E-state index in [9.17, 15) is 9.59 Å². The number of hydrogen-bond donors (Lipinski definition) is 1. The van der Waals surface area contributed by atoms with Gasteiger partial charge < -0.3 is 10.1 Å². The predicted molar refractivity (Wildman–Crippen MR) is 79.0 cm³/mol. The van der Waals surface area contributed by atoms with Crippen molar-refractivity contribution < 1.29 is 14.3 Å². The molecule has 20 heavy (non-hydrogen) atoms. The van der Waals surface area contributed by atoms with Crippen LogP contribution in [0.25, 0.3) is 0 Å². The molecule has 0 aliphatic carbocycles. The van der Waals surface area contributed by atoms with E-state index < -0.39 is 11.7 Å². The highest BCUT2D eigenvalue weighted by atomic mass is 16.6. The van der Waals surface area contributed by atoms with Crippen LogP contribution in [0, 0.1) is 0 Å². The maximum Gasteiger partial charge on any atom is 0.407 e. The van der Waals surface area contributed by atoms with E-state index in [2.05, 4.69) is 5.32 Å². The van der Waals surface area contributed by atoms with Crippen LogP contribution in [0.2, 0.25) is 0 Å². The number of Topliss-reactive ketones (excluding diaryl/α,β-unsaturated/α-hetero) is 1. The molecule has 1 amide bonds. The van der Waals surface area contributed by atoms with Gasteiger partial charge in [-0.2, -0.15) is 0 Å². The summed E-state index contributed by atoms with van der Waals surface area (Å²) in [6.07, 6.45) is 1.23. The largest absolute Gasteiger partial charge is 0.444 e. The second kappa shape index (κ2) is 7.08. The fourth-order valence-corrected chi connectivity index (χ4v) is 1.74. The Hall–Kier alpha value is -1.84. The molecule has 1 rings (SSSR count). The van der Waals surface area contributed by atoms with Crippen LogP contribution in [0.4, 0.5) is 4.79 Å². The van der Waals surface area contributed by atoms with Crippen molar-refractivity contribution in [2.75, 3.05) is 6.54 Å². The third-order valence-corrected chi connectivity index (χ3v) is 2.64. The lowest BCUT2D eigenvalue weighted by Crippen LogP contribution is -2.33. The van der Waals surface area contributed by atoms with Gasteiger partial charge in [-0.3, -0.25) is 4.79 Å². The molecular weight excluding hydrogens is 254 g/mol. The van der Waals surface area contributed by atoms with E-state index in [1.807, 2.05) is 45.0 Å². The summed E-state index contributed by atoms with van der Waals surface area (Å²) < 4.78 is 5.15. The van der Waals surface area contributed by atoms with Crippen molar-refractivity contribution in [2.45, 2.75) is 46.1 Å². The molecule has 0 aliphatic rings. The highest BCUT2D eigenvalue weighted by Crippen LogP contribution is 2.09. The molecule has 0 atom stereocenters. The van der Waals surface area contributed by atoms with Crippen molar-refractivity contribution in [3.63, 3.8) is 0 Å². The standard InChI is InChI=1S/C16H23NO3/c1-12(18)14-9-5-7-13(11-14)8-6-10-17-15(19)20-16(2,3)4/h5,7,9,11H,6,8,10H2,1-4H3,(H,17,19). The monoisotopic (exact) mass is 277 g/mol. The molecular formula is C16H23NO3. The second-order valence-corrected chi connectivity index (χ2v) is 5.79. The predicted octanol–water partition coefficient (Wildman–Crippen LogP) is 3.35. The van der Waals surface area contributed by atoms with Gasteiger partial charge in [0.2, 0.25) is 0 Å². The quantitative estimate of drug-likeness (QED) is 0.663. The topological polar surface area (TPSA) is 55.4 Å². The first-order valence-electron chi connectivity index (χ1n) is 6.84. The number of rotatable bonds is 5. The van der Waals surface area contributed by atoms with Crippen LogP contribution in [0.5, 0.6) is 0 Å². The van der Waals surface area contributed by atoms with E-state index >= 15 is 0 Å². The molecule has 0 saturated carbocycles. The van der Waals surface area contributed by atoms with Crippen molar-refractivity contribution in [1.82, 2.24) is 5.32 Å². The molecule has 0 radical (unpaired) electrons. The molecule has 1 aromatic rings. The number of ketones is 1. The number of benzene rings is 1. The first-order valence-corrected chi connectivity index (χ1v) is 6.84. The number of aryl methyl sites for hydroxylation is 1. The molecule has 1 aromatic carbocycles. The molecule has 0 unspecified atom stereocenters. The molecule has 1 N–H and O–H groups in total. The minimum atomic E-state index is -0.472. The van der Waals surface area contributed by atoms with E-state index in [1.165, 1.54) is 0 Å². The SMILES string of the molecule is CC(=O)c1cccc(CCCNC(=O)OC(C)(C)C)c1. The zero-order valence-electron chi connectivity index (χ0n) is 12.7. The highest BCUT2D eigenvalue weighted by Gasteiger charge is 2.15. The van der Waals surface area contributed by atoms with Crippen molar-refractivity contribution >= 4 is 11.9 Å². The van der Waals surface area contributed by atoms with Crippen LogP contribution in [-0.4, -0.2) is 24.0 Å². The molecule has 0 bridgehead atoms. The van der Waals surface area contributed by atoms with Crippen molar-refractivity contribution in [3.05, 3.63) is 35.4 Å². The van der Waals surface area contributed by atoms with Gasteiger partial charge in [0.15, 0.2) is 5.78 Å². The van der Waals surface area contributed by atoms with Gasteiger partial charge in [0, 0.05) is 12.1 Å². The molecule has 4 nitrogen and oxygen atoms in total. The van der Waals surface area contributed by atoms with Gasteiger partial charge in [0.1, 0.15) is 5.60 Å². The Kier molecular flexibility index (Phi) is 5.74. The summed E-state index contributed by atoms with van der Waals surface area (Å²) in [4.78, 5) is 22.7. The maximum absolute atomic E-state index is 11.4.